The fourth-order valence-corrected chi connectivity index (χ4v) is 1.46. The van der Waals surface area contributed by atoms with Crippen molar-refractivity contribution in [2.24, 2.45) is 4.99 Å². The predicted molar refractivity (Wildman–Crippen MR) is 47.4 cm³/mol. The standard InChI is InChI=1S/C8H9ClN2O/c9-8-7(12)6(2-3-10-8)11-4-1-5-11/h2-3,8H,1,4-5H2. The molecule has 2 heterocycles. The molecule has 0 spiro atoms. The zero-order chi connectivity index (χ0) is 8.55. The molecule has 0 aromatic rings. The molecule has 0 amide bonds. The number of Topliss-reactive ketones (excluding diaryl/α,β-unsaturated/α-hetero) is 1. The topological polar surface area (TPSA) is 32.7 Å². The van der Waals surface area contributed by atoms with Crippen molar-refractivity contribution in [1.29, 1.82) is 0 Å². The van der Waals surface area contributed by atoms with Gasteiger partial charge >= 0.3 is 0 Å². The third-order valence-electron chi connectivity index (χ3n) is 2.11. The van der Waals surface area contributed by atoms with Gasteiger partial charge in [-0.2, -0.15) is 0 Å². The van der Waals surface area contributed by atoms with E-state index in [9.17, 15) is 4.79 Å². The Balaban J connectivity index is 2.17. The molecule has 2 aliphatic rings. The molecule has 1 fully saturated rings. The number of nitrogens with zero attached hydrogens (tertiary/aromatic N) is 2. The number of dihydropyridines is 1. The summed E-state index contributed by atoms with van der Waals surface area (Å²) in [4.78, 5) is 17.2. The first-order valence-electron chi connectivity index (χ1n) is 3.96. The Morgan fingerprint density at radius 2 is 2.33 bits per heavy atom. The summed E-state index contributed by atoms with van der Waals surface area (Å²) in [6.07, 6.45) is 4.50. The third kappa shape index (κ3) is 1.14. The van der Waals surface area contributed by atoms with Crippen molar-refractivity contribution in [1.82, 2.24) is 4.90 Å². The van der Waals surface area contributed by atoms with Gasteiger partial charge in [-0.05, 0) is 12.5 Å². The maximum atomic E-state index is 11.4. The number of allylic oxidation sites excluding steroid dienone is 1. The van der Waals surface area contributed by atoms with Crippen molar-refractivity contribution >= 4 is 23.6 Å². The summed E-state index contributed by atoms with van der Waals surface area (Å²) in [6.45, 7) is 1.93. The molecule has 1 unspecified atom stereocenters. The van der Waals surface area contributed by atoms with Crippen molar-refractivity contribution in [2.45, 2.75) is 11.9 Å². The highest BCUT2D eigenvalue weighted by molar-refractivity contribution is 6.34. The lowest BCUT2D eigenvalue weighted by Crippen LogP contribution is -2.41. The van der Waals surface area contributed by atoms with Crippen LogP contribution in [-0.4, -0.2) is 35.5 Å². The molecule has 2 aliphatic heterocycles. The van der Waals surface area contributed by atoms with E-state index in [1.54, 1.807) is 12.3 Å². The number of likely N-dealkylation sites (tertiary alicyclic amines) is 1. The number of rotatable bonds is 1. The molecule has 2 rings (SSSR count). The number of halogens is 1. The minimum atomic E-state index is -0.703. The first kappa shape index (κ1) is 7.80. The second kappa shape index (κ2) is 2.90. The minimum absolute atomic E-state index is 0.0705. The predicted octanol–water partition coefficient (Wildman–Crippen LogP) is 0.794. The number of hydrogen-bond donors (Lipinski definition) is 0. The lowest BCUT2D eigenvalue weighted by atomic mass is 10.1. The zero-order valence-corrected chi connectivity index (χ0v) is 7.29. The van der Waals surface area contributed by atoms with Crippen molar-refractivity contribution in [3.63, 3.8) is 0 Å². The van der Waals surface area contributed by atoms with Crippen LogP contribution in [0, 0.1) is 0 Å². The summed E-state index contributed by atoms with van der Waals surface area (Å²) < 4.78 is 0. The summed E-state index contributed by atoms with van der Waals surface area (Å²) in [6, 6.07) is 0. The molecule has 0 bridgehead atoms. The summed E-state index contributed by atoms with van der Waals surface area (Å²) >= 11 is 5.67. The van der Waals surface area contributed by atoms with Gasteiger partial charge in [0.1, 0.15) is 0 Å². The molecule has 12 heavy (non-hydrogen) atoms. The average molecular weight is 185 g/mol. The Morgan fingerprint density at radius 3 is 2.92 bits per heavy atom. The van der Waals surface area contributed by atoms with E-state index in [1.165, 1.54) is 0 Å². The quantitative estimate of drug-likeness (QED) is 0.446. The van der Waals surface area contributed by atoms with Gasteiger partial charge < -0.3 is 4.90 Å². The van der Waals surface area contributed by atoms with Gasteiger partial charge in [0.25, 0.3) is 0 Å². The van der Waals surface area contributed by atoms with E-state index in [0.717, 1.165) is 25.2 Å². The Morgan fingerprint density at radius 1 is 1.58 bits per heavy atom. The van der Waals surface area contributed by atoms with Gasteiger partial charge in [-0.3, -0.25) is 9.79 Å². The molecule has 1 saturated heterocycles. The molecule has 0 aliphatic carbocycles. The summed E-state index contributed by atoms with van der Waals surface area (Å²) in [5.74, 6) is -0.0705. The molecule has 1 atom stereocenters. The fraction of sp³-hybridized carbons (Fsp3) is 0.500. The maximum absolute atomic E-state index is 11.4. The molecule has 0 saturated carbocycles. The van der Waals surface area contributed by atoms with Crippen LogP contribution in [0.15, 0.2) is 16.8 Å². The molecule has 64 valence electrons. The molecule has 0 aromatic carbocycles. The normalized spacial score (nSPS) is 28.4. The van der Waals surface area contributed by atoms with Crippen LogP contribution in [0.3, 0.4) is 0 Å². The average Bonchev–Trinajstić information content (AvgIpc) is 1.95. The van der Waals surface area contributed by atoms with Gasteiger partial charge in [0.05, 0.1) is 5.70 Å². The molecule has 0 radical (unpaired) electrons. The molecule has 0 aromatic heterocycles. The SMILES string of the molecule is O=C1C(N2CCC2)=CC=NC1Cl. The smallest absolute Gasteiger partial charge is 0.218 e. The van der Waals surface area contributed by atoms with E-state index in [-0.39, 0.29) is 5.78 Å². The molecular formula is C8H9ClN2O. The summed E-state index contributed by atoms with van der Waals surface area (Å²) in [7, 11) is 0. The molecule has 3 nitrogen and oxygen atoms in total. The molecular weight excluding hydrogens is 176 g/mol. The summed E-state index contributed by atoms with van der Waals surface area (Å²) in [5.41, 5.74) is 0.0156. The Hall–Kier alpha value is -0.830. The number of carbonyl (C=O) groups excluding carboxylic acids is 1. The Bertz CT molecular complexity index is 268. The van der Waals surface area contributed by atoms with Crippen LogP contribution in [0.25, 0.3) is 0 Å². The molecule has 4 heteroatoms. The number of alkyl halides is 1. The first-order chi connectivity index (χ1) is 5.79. The highest BCUT2D eigenvalue weighted by atomic mass is 35.5. The monoisotopic (exact) mass is 184 g/mol. The fourth-order valence-electron chi connectivity index (χ4n) is 1.28. The van der Waals surface area contributed by atoms with Crippen LogP contribution in [0.1, 0.15) is 6.42 Å². The van der Waals surface area contributed by atoms with Gasteiger partial charge in [0.2, 0.25) is 5.78 Å². The van der Waals surface area contributed by atoms with Gasteiger partial charge in [-0.15, -0.1) is 0 Å². The van der Waals surface area contributed by atoms with Crippen molar-refractivity contribution in [3.8, 4) is 0 Å². The Labute approximate surface area is 75.7 Å². The van der Waals surface area contributed by atoms with E-state index in [1.807, 2.05) is 4.90 Å². The van der Waals surface area contributed by atoms with Crippen LogP contribution in [0.5, 0.6) is 0 Å². The van der Waals surface area contributed by atoms with E-state index in [0.29, 0.717) is 0 Å². The lowest BCUT2D eigenvalue weighted by Gasteiger charge is -2.35. The van der Waals surface area contributed by atoms with Crippen LogP contribution < -0.4 is 0 Å². The number of ketones is 1. The summed E-state index contributed by atoms with van der Waals surface area (Å²) in [5, 5.41) is 0. The van der Waals surface area contributed by atoms with E-state index in [2.05, 4.69) is 4.99 Å². The van der Waals surface area contributed by atoms with Crippen molar-refractivity contribution in [2.75, 3.05) is 13.1 Å². The van der Waals surface area contributed by atoms with Crippen molar-refractivity contribution in [3.05, 3.63) is 11.8 Å². The van der Waals surface area contributed by atoms with Crippen molar-refractivity contribution < 1.29 is 4.79 Å². The van der Waals surface area contributed by atoms with Crippen LogP contribution in [0.4, 0.5) is 0 Å². The largest absolute Gasteiger partial charge is 0.368 e. The first-order valence-corrected chi connectivity index (χ1v) is 4.39. The number of aliphatic imine (C=N–C) groups is 1. The van der Waals surface area contributed by atoms with E-state index >= 15 is 0 Å². The van der Waals surface area contributed by atoms with Gasteiger partial charge in [0.15, 0.2) is 5.50 Å². The van der Waals surface area contributed by atoms with Gasteiger partial charge in [-0.25, -0.2) is 0 Å². The minimum Gasteiger partial charge on any atom is -0.368 e. The lowest BCUT2D eigenvalue weighted by molar-refractivity contribution is -0.117. The molecule has 0 N–H and O–H groups in total. The van der Waals surface area contributed by atoms with E-state index < -0.39 is 5.50 Å². The zero-order valence-electron chi connectivity index (χ0n) is 6.53. The van der Waals surface area contributed by atoms with Crippen LogP contribution in [0.2, 0.25) is 0 Å². The van der Waals surface area contributed by atoms with Gasteiger partial charge in [0, 0.05) is 19.3 Å². The number of hydrogen-bond acceptors (Lipinski definition) is 3. The highest BCUT2D eigenvalue weighted by Gasteiger charge is 2.28. The second-order valence-corrected chi connectivity index (χ2v) is 3.30. The van der Waals surface area contributed by atoms with Crippen LogP contribution in [-0.2, 0) is 4.79 Å². The van der Waals surface area contributed by atoms with Gasteiger partial charge in [-0.1, -0.05) is 11.6 Å². The maximum Gasteiger partial charge on any atom is 0.218 e. The van der Waals surface area contributed by atoms with E-state index in [4.69, 9.17) is 11.6 Å². The van der Waals surface area contributed by atoms with Crippen LogP contribution >= 0.6 is 11.6 Å². The second-order valence-electron chi connectivity index (χ2n) is 2.89. The Kier molecular flexibility index (Phi) is 1.89. The highest BCUT2D eigenvalue weighted by Crippen LogP contribution is 2.20. The third-order valence-corrected chi connectivity index (χ3v) is 2.43. The number of carbonyl (C=O) groups is 1.